The molecule has 4 heteroatoms. The van der Waals surface area contributed by atoms with Gasteiger partial charge in [-0.05, 0) is 33.1 Å². The van der Waals surface area contributed by atoms with E-state index in [0.29, 0.717) is 6.04 Å². The first-order valence-electron chi connectivity index (χ1n) is 5.70. The second-order valence-corrected chi connectivity index (χ2v) is 5.18. The number of carbonyl (C=O) groups is 1. The van der Waals surface area contributed by atoms with Gasteiger partial charge in [0.05, 0.1) is 11.6 Å². The molecule has 0 aromatic rings. The molecular formula is C11H20N2O2. The molecule has 0 aromatic heterocycles. The van der Waals surface area contributed by atoms with E-state index in [1.54, 1.807) is 0 Å². The van der Waals surface area contributed by atoms with Crippen molar-refractivity contribution in [3.63, 3.8) is 0 Å². The molecule has 0 spiro atoms. The maximum Gasteiger partial charge on any atom is 0.239 e. The van der Waals surface area contributed by atoms with Crippen molar-refractivity contribution in [3.8, 4) is 0 Å². The van der Waals surface area contributed by atoms with Gasteiger partial charge in [0.25, 0.3) is 0 Å². The first-order valence-corrected chi connectivity index (χ1v) is 5.70. The van der Waals surface area contributed by atoms with Gasteiger partial charge >= 0.3 is 0 Å². The molecule has 1 amide bonds. The molecule has 0 radical (unpaired) electrons. The molecule has 0 aliphatic carbocycles. The van der Waals surface area contributed by atoms with Crippen molar-refractivity contribution in [1.82, 2.24) is 4.90 Å². The lowest BCUT2D eigenvalue weighted by molar-refractivity contribution is -0.136. The molecule has 2 aliphatic heterocycles. The number of amides is 1. The van der Waals surface area contributed by atoms with Gasteiger partial charge in [0.15, 0.2) is 0 Å². The molecule has 2 heterocycles. The van der Waals surface area contributed by atoms with Crippen molar-refractivity contribution in [2.24, 2.45) is 5.73 Å². The molecule has 2 fully saturated rings. The Kier molecular flexibility index (Phi) is 2.73. The fourth-order valence-electron chi connectivity index (χ4n) is 2.55. The van der Waals surface area contributed by atoms with Crippen molar-refractivity contribution in [1.29, 1.82) is 0 Å². The summed E-state index contributed by atoms with van der Waals surface area (Å²) in [7, 11) is 0. The average molecular weight is 212 g/mol. The fourth-order valence-corrected chi connectivity index (χ4v) is 2.55. The highest BCUT2D eigenvalue weighted by Crippen LogP contribution is 2.29. The Bertz CT molecular complexity index is 265. The van der Waals surface area contributed by atoms with Crippen LogP contribution in [-0.2, 0) is 9.53 Å². The Morgan fingerprint density at radius 3 is 2.73 bits per heavy atom. The largest absolute Gasteiger partial charge is 0.375 e. The molecule has 4 nitrogen and oxygen atoms in total. The van der Waals surface area contributed by atoms with Gasteiger partial charge in [0, 0.05) is 19.2 Å². The number of likely N-dealkylation sites (tertiary alicyclic amines) is 1. The Morgan fingerprint density at radius 2 is 2.20 bits per heavy atom. The average Bonchev–Trinajstić information content (AvgIpc) is 2.46. The quantitative estimate of drug-likeness (QED) is 0.688. The topological polar surface area (TPSA) is 55.6 Å². The van der Waals surface area contributed by atoms with Crippen LogP contribution in [-0.4, -0.2) is 41.6 Å². The lowest BCUT2D eigenvalue weighted by Crippen LogP contribution is -2.48. The second kappa shape index (κ2) is 3.76. The van der Waals surface area contributed by atoms with Crippen LogP contribution in [0.2, 0.25) is 0 Å². The van der Waals surface area contributed by atoms with Gasteiger partial charge in [-0.15, -0.1) is 0 Å². The van der Waals surface area contributed by atoms with E-state index in [1.165, 1.54) is 0 Å². The molecule has 2 aliphatic rings. The standard InChI is InChI=1S/C11H20N2O2/c1-11(2)7-8(4-6-15-11)13-5-3-9(12)10(13)14/h8-9H,3-7,12H2,1-2H3. The summed E-state index contributed by atoms with van der Waals surface area (Å²) in [4.78, 5) is 13.7. The smallest absolute Gasteiger partial charge is 0.239 e. The third kappa shape index (κ3) is 2.16. The van der Waals surface area contributed by atoms with E-state index >= 15 is 0 Å². The van der Waals surface area contributed by atoms with E-state index in [1.807, 2.05) is 4.90 Å². The number of ether oxygens (including phenoxy) is 1. The van der Waals surface area contributed by atoms with Gasteiger partial charge in [-0.25, -0.2) is 0 Å². The first-order chi connectivity index (χ1) is 6.99. The maximum atomic E-state index is 11.8. The van der Waals surface area contributed by atoms with E-state index < -0.39 is 0 Å². The molecule has 0 bridgehead atoms. The van der Waals surface area contributed by atoms with Gasteiger partial charge < -0.3 is 15.4 Å². The molecule has 2 atom stereocenters. The predicted molar refractivity (Wildman–Crippen MR) is 57.4 cm³/mol. The highest BCUT2D eigenvalue weighted by atomic mass is 16.5. The van der Waals surface area contributed by atoms with E-state index in [-0.39, 0.29) is 17.6 Å². The summed E-state index contributed by atoms with van der Waals surface area (Å²) >= 11 is 0. The Balaban J connectivity index is 2.02. The van der Waals surface area contributed by atoms with Gasteiger partial charge in [-0.1, -0.05) is 0 Å². The van der Waals surface area contributed by atoms with Gasteiger partial charge in [0.2, 0.25) is 5.91 Å². The van der Waals surface area contributed by atoms with Gasteiger partial charge in [0.1, 0.15) is 0 Å². The Morgan fingerprint density at radius 1 is 1.47 bits per heavy atom. The molecule has 0 saturated carbocycles. The van der Waals surface area contributed by atoms with E-state index in [2.05, 4.69) is 13.8 Å². The number of hydrogen-bond acceptors (Lipinski definition) is 3. The lowest BCUT2D eigenvalue weighted by Gasteiger charge is -2.39. The van der Waals surface area contributed by atoms with E-state index in [0.717, 1.165) is 32.4 Å². The zero-order chi connectivity index (χ0) is 11.1. The summed E-state index contributed by atoms with van der Waals surface area (Å²) in [5.41, 5.74) is 5.62. The normalized spacial score (nSPS) is 35.9. The van der Waals surface area contributed by atoms with Crippen LogP contribution < -0.4 is 5.73 Å². The Labute approximate surface area is 90.8 Å². The van der Waals surface area contributed by atoms with Crippen molar-refractivity contribution < 1.29 is 9.53 Å². The highest BCUT2D eigenvalue weighted by Gasteiger charge is 2.38. The highest BCUT2D eigenvalue weighted by molar-refractivity contribution is 5.84. The van der Waals surface area contributed by atoms with Gasteiger partial charge in [-0.3, -0.25) is 4.79 Å². The third-order valence-electron chi connectivity index (χ3n) is 3.39. The van der Waals surface area contributed by atoms with Crippen LogP contribution in [0.15, 0.2) is 0 Å². The lowest BCUT2D eigenvalue weighted by atomic mass is 9.93. The molecule has 2 unspecified atom stereocenters. The molecule has 2 rings (SSSR count). The van der Waals surface area contributed by atoms with E-state index in [9.17, 15) is 4.79 Å². The van der Waals surface area contributed by atoms with E-state index in [4.69, 9.17) is 10.5 Å². The minimum atomic E-state index is -0.268. The molecule has 2 N–H and O–H groups in total. The molecule has 2 saturated heterocycles. The van der Waals surface area contributed by atoms with Crippen molar-refractivity contribution in [3.05, 3.63) is 0 Å². The molecule has 0 aromatic carbocycles. The van der Waals surface area contributed by atoms with Crippen molar-refractivity contribution in [2.45, 2.75) is 50.8 Å². The van der Waals surface area contributed by atoms with Crippen LogP contribution >= 0.6 is 0 Å². The number of hydrogen-bond donors (Lipinski definition) is 1. The zero-order valence-electron chi connectivity index (χ0n) is 9.53. The van der Waals surface area contributed by atoms with Crippen LogP contribution in [0.3, 0.4) is 0 Å². The number of rotatable bonds is 1. The summed E-state index contributed by atoms with van der Waals surface area (Å²) in [6.07, 6.45) is 2.67. The molecule has 86 valence electrons. The summed E-state index contributed by atoms with van der Waals surface area (Å²) in [6.45, 7) is 5.73. The Hall–Kier alpha value is -0.610. The second-order valence-electron chi connectivity index (χ2n) is 5.18. The molecule has 15 heavy (non-hydrogen) atoms. The van der Waals surface area contributed by atoms with Crippen LogP contribution in [0.5, 0.6) is 0 Å². The third-order valence-corrected chi connectivity index (χ3v) is 3.39. The van der Waals surface area contributed by atoms with Crippen LogP contribution in [0.1, 0.15) is 33.1 Å². The summed E-state index contributed by atoms with van der Waals surface area (Å²) in [5, 5.41) is 0. The van der Waals surface area contributed by atoms with Crippen molar-refractivity contribution in [2.75, 3.05) is 13.2 Å². The number of nitrogens with two attached hydrogens (primary N) is 1. The maximum absolute atomic E-state index is 11.8. The zero-order valence-corrected chi connectivity index (χ0v) is 9.53. The van der Waals surface area contributed by atoms with Crippen LogP contribution in [0.25, 0.3) is 0 Å². The summed E-state index contributed by atoms with van der Waals surface area (Å²) in [6, 6.07) is 0.0609. The minimum absolute atomic E-state index is 0.101. The predicted octanol–water partition coefficient (Wildman–Crippen LogP) is 0.504. The molecular weight excluding hydrogens is 192 g/mol. The van der Waals surface area contributed by atoms with Crippen LogP contribution in [0, 0.1) is 0 Å². The van der Waals surface area contributed by atoms with Crippen LogP contribution in [0.4, 0.5) is 0 Å². The first kappa shape index (κ1) is 10.9. The fraction of sp³-hybridized carbons (Fsp3) is 0.909. The minimum Gasteiger partial charge on any atom is -0.375 e. The van der Waals surface area contributed by atoms with Crippen molar-refractivity contribution >= 4 is 5.91 Å². The number of carbonyl (C=O) groups excluding carboxylic acids is 1. The SMILES string of the molecule is CC1(C)CC(N2CCC(N)C2=O)CCO1. The van der Waals surface area contributed by atoms with Gasteiger partial charge in [-0.2, -0.15) is 0 Å². The number of nitrogens with zero attached hydrogens (tertiary/aromatic N) is 1. The summed E-state index contributed by atoms with van der Waals surface area (Å²) < 4.78 is 5.65. The summed E-state index contributed by atoms with van der Waals surface area (Å²) in [5.74, 6) is 0.123. The monoisotopic (exact) mass is 212 g/mol.